The largest absolute Gasteiger partial charge is 0.396 e. The van der Waals surface area contributed by atoms with Gasteiger partial charge in [-0.15, -0.1) is 0 Å². The maximum atomic E-state index is 13.4. The molecule has 0 heterocycles. The minimum atomic E-state index is -3.96. The highest BCUT2D eigenvalue weighted by Crippen LogP contribution is 2.22. The number of rotatable bonds is 3. The van der Waals surface area contributed by atoms with E-state index >= 15 is 0 Å². The molecule has 2 aromatic rings. The first kappa shape index (κ1) is 14.8. The Kier molecular flexibility index (Phi) is 3.82. The average molecular weight is 305 g/mol. The molecule has 0 aromatic heterocycles. The molecule has 0 aliphatic carbocycles. The van der Waals surface area contributed by atoms with Gasteiger partial charge in [-0.05, 0) is 42.8 Å². The number of nitrogens with two attached hydrogens (primary N) is 1. The first-order valence-electron chi connectivity index (χ1n) is 5.92. The van der Waals surface area contributed by atoms with Gasteiger partial charge in [-0.3, -0.25) is 4.72 Å². The van der Waals surface area contributed by atoms with E-state index in [9.17, 15) is 12.8 Å². The van der Waals surface area contributed by atoms with Crippen LogP contribution in [0, 0.1) is 24.1 Å². The van der Waals surface area contributed by atoms with Crippen LogP contribution in [0.25, 0.3) is 0 Å². The third-order valence-corrected chi connectivity index (χ3v) is 4.26. The maximum Gasteiger partial charge on any atom is 0.262 e. The van der Waals surface area contributed by atoms with E-state index in [4.69, 9.17) is 11.0 Å². The number of hydrogen-bond acceptors (Lipinski definition) is 4. The summed E-state index contributed by atoms with van der Waals surface area (Å²) in [5.41, 5.74) is 6.43. The fourth-order valence-corrected chi connectivity index (χ4v) is 2.81. The summed E-state index contributed by atoms with van der Waals surface area (Å²) < 4.78 is 40.2. The first-order valence-corrected chi connectivity index (χ1v) is 7.40. The molecule has 0 saturated carbocycles. The van der Waals surface area contributed by atoms with Crippen molar-refractivity contribution in [2.75, 3.05) is 10.5 Å². The van der Waals surface area contributed by atoms with E-state index in [2.05, 4.69) is 4.72 Å². The first-order chi connectivity index (χ1) is 9.83. The Morgan fingerprint density at radius 3 is 2.57 bits per heavy atom. The number of sulfonamides is 1. The van der Waals surface area contributed by atoms with Gasteiger partial charge in [0.25, 0.3) is 10.0 Å². The van der Waals surface area contributed by atoms with Crippen LogP contribution in [-0.4, -0.2) is 8.42 Å². The number of benzene rings is 2. The van der Waals surface area contributed by atoms with Crippen LogP contribution >= 0.6 is 0 Å². The minimum absolute atomic E-state index is 0.128. The standard InChI is InChI=1S/C14H12FN3O2S/c1-9-2-3-10(8-16)6-14(9)18-21(19,20)11-4-5-13(17)12(15)7-11/h2-7,18H,17H2,1H3. The fraction of sp³-hybridized carbons (Fsp3) is 0.0714. The van der Waals surface area contributed by atoms with Crippen LogP contribution in [0.1, 0.15) is 11.1 Å². The highest BCUT2D eigenvalue weighted by molar-refractivity contribution is 7.92. The molecule has 0 atom stereocenters. The molecule has 0 amide bonds. The predicted octanol–water partition coefficient (Wildman–Crippen LogP) is 2.39. The monoisotopic (exact) mass is 305 g/mol. The van der Waals surface area contributed by atoms with Gasteiger partial charge in [0.15, 0.2) is 0 Å². The zero-order chi connectivity index (χ0) is 15.6. The zero-order valence-corrected chi connectivity index (χ0v) is 11.9. The molecule has 0 unspecified atom stereocenters. The second kappa shape index (κ2) is 5.42. The van der Waals surface area contributed by atoms with Crippen molar-refractivity contribution < 1.29 is 12.8 Å². The Labute approximate surface area is 121 Å². The summed E-state index contributed by atoms with van der Waals surface area (Å²) in [5, 5.41) is 8.84. The van der Waals surface area contributed by atoms with Crippen LogP contribution in [0.5, 0.6) is 0 Å². The number of nitriles is 1. The number of halogens is 1. The summed E-state index contributed by atoms with van der Waals surface area (Å²) in [4.78, 5) is -0.240. The van der Waals surface area contributed by atoms with Crippen molar-refractivity contribution in [3.05, 3.63) is 53.3 Å². The molecule has 7 heteroatoms. The topological polar surface area (TPSA) is 96.0 Å². The third-order valence-electron chi connectivity index (χ3n) is 2.89. The van der Waals surface area contributed by atoms with Crippen molar-refractivity contribution in [2.24, 2.45) is 0 Å². The molecule has 0 radical (unpaired) electrons. The summed E-state index contributed by atoms with van der Waals surface area (Å²) in [6, 6.07) is 9.79. The van der Waals surface area contributed by atoms with Crippen molar-refractivity contribution in [1.82, 2.24) is 0 Å². The van der Waals surface area contributed by atoms with E-state index in [0.717, 1.165) is 6.07 Å². The Hall–Kier alpha value is -2.59. The molecule has 0 aliphatic rings. The Bertz CT molecular complexity index is 842. The molecule has 0 fully saturated rings. The van der Waals surface area contributed by atoms with Crippen LogP contribution in [0.4, 0.5) is 15.8 Å². The van der Waals surface area contributed by atoms with E-state index < -0.39 is 15.8 Å². The molecule has 2 aromatic carbocycles. The van der Waals surface area contributed by atoms with Crippen molar-refractivity contribution in [2.45, 2.75) is 11.8 Å². The molecule has 0 aliphatic heterocycles. The molecule has 3 N–H and O–H groups in total. The lowest BCUT2D eigenvalue weighted by Crippen LogP contribution is -2.14. The van der Waals surface area contributed by atoms with Gasteiger partial charge >= 0.3 is 0 Å². The number of aryl methyl sites for hydroxylation is 1. The summed E-state index contributed by atoms with van der Waals surface area (Å²) >= 11 is 0. The SMILES string of the molecule is Cc1ccc(C#N)cc1NS(=O)(=O)c1ccc(N)c(F)c1. The van der Waals surface area contributed by atoms with Crippen molar-refractivity contribution in [1.29, 1.82) is 5.26 Å². The lowest BCUT2D eigenvalue weighted by molar-refractivity contribution is 0.596. The molecule has 0 spiro atoms. The van der Waals surface area contributed by atoms with E-state index in [1.54, 1.807) is 19.1 Å². The van der Waals surface area contributed by atoms with Crippen LogP contribution in [0.3, 0.4) is 0 Å². The smallest absolute Gasteiger partial charge is 0.262 e. The van der Waals surface area contributed by atoms with Crippen LogP contribution < -0.4 is 10.5 Å². The van der Waals surface area contributed by atoms with E-state index in [0.29, 0.717) is 11.1 Å². The molecule has 108 valence electrons. The second-order valence-electron chi connectivity index (χ2n) is 4.43. The van der Waals surface area contributed by atoms with Gasteiger partial charge in [-0.2, -0.15) is 5.26 Å². The zero-order valence-electron chi connectivity index (χ0n) is 11.1. The third kappa shape index (κ3) is 3.12. The molecule has 5 nitrogen and oxygen atoms in total. The normalized spacial score (nSPS) is 10.9. The number of nitrogens with one attached hydrogen (secondary N) is 1. The number of nitrogens with zero attached hydrogens (tertiary/aromatic N) is 1. The number of anilines is 2. The van der Waals surface area contributed by atoms with Crippen LogP contribution in [0.15, 0.2) is 41.3 Å². The van der Waals surface area contributed by atoms with Gasteiger partial charge in [0.1, 0.15) is 5.82 Å². The molecule has 0 bridgehead atoms. The quantitative estimate of drug-likeness (QED) is 0.851. The molecule has 21 heavy (non-hydrogen) atoms. The van der Waals surface area contributed by atoms with Crippen LogP contribution in [0.2, 0.25) is 0 Å². The van der Waals surface area contributed by atoms with E-state index in [1.807, 2.05) is 6.07 Å². The highest BCUT2D eigenvalue weighted by atomic mass is 32.2. The van der Waals surface area contributed by atoms with Crippen molar-refractivity contribution >= 4 is 21.4 Å². The Balaban J connectivity index is 2.42. The van der Waals surface area contributed by atoms with Gasteiger partial charge in [0, 0.05) is 0 Å². The van der Waals surface area contributed by atoms with Gasteiger partial charge in [-0.25, -0.2) is 12.8 Å². The Morgan fingerprint density at radius 2 is 1.95 bits per heavy atom. The summed E-state index contributed by atoms with van der Waals surface area (Å²) in [7, 11) is -3.96. The second-order valence-corrected chi connectivity index (χ2v) is 6.11. The van der Waals surface area contributed by atoms with E-state index in [-0.39, 0.29) is 16.3 Å². The lowest BCUT2D eigenvalue weighted by Gasteiger charge is -2.11. The van der Waals surface area contributed by atoms with Gasteiger partial charge in [-0.1, -0.05) is 6.07 Å². The highest BCUT2D eigenvalue weighted by Gasteiger charge is 2.17. The number of hydrogen-bond donors (Lipinski definition) is 2. The molecule has 2 rings (SSSR count). The fourth-order valence-electron chi connectivity index (χ4n) is 1.68. The lowest BCUT2D eigenvalue weighted by atomic mass is 10.1. The average Bonchev–Trinajstić information content (AvgIpc) is 2.44. The molecular formula is C14H12FN3O2S. The summed E-state index contributed by atoms with van der Waals surface area (Å²) in [6.45, 7) is 1.70. The van der Waals surface area contributed by atoms with Gasteiger partial charge in [0.2, 0.25) is 0 Å². The van der Waals surface area contributed by atoms with Crippen molar-refractivity contribution in [3.63, 3.8) is 0 Å². The number of nitrogen functional groups attached to an aromatic ring is 1. The minimum Gasteiger partial charge on any atom is -0.396 e. The Morgan fingerprint density at radius 1 is 1.24 bits per heavy atom. The van der Waals surface area contributed by atoms with Crippen LogP contribution in [-0.2, 0) is 10.0 Å². The molecular weight excluding hydrogens is 293 g/mol. The molecule has 0 saturated heterocycles. The van der Waals surface area contributed by atoms with Gasteiger partial charge in [0.05, 0.1) is 27.9 Å². The maximum absolute atomic E-state index is 13.4. The predicted molar refractivity (Wildman–Crippen MR) is 77.5 cm³/mol. The van der Waals surface area contributed by atoms with E-state index in [1.165, 1.54) is 18.2 Å². The van der Waals surface area contributed by atoms with Gasteiger partial charge < -0.3 is 5.73 Å². The summed E-state index contributed by atoms with van der Waals surface area (Å²) in [5.74, 6) is -0.805. The van der Waals surface area contributed by atoms with Crippen molar-refractivity contribution in [3.8, 4) is 6.07 Å². The summed E-state index contributed by atoms with van der Waals surface area (Å²) in [6.07, 6.45) is 0.